The van der Waals surface area contributed by atoms with Crippen LogP contribution in [0, 0.1) is 5.82 Å². The van der Waals surface area contributed by atoms with Gasteiger partial charge in [0.25, 0.3) is 0 Å². The van der Waals surface area contributed by atoms with Crippen LogP contribution >= 0.6 is 11.3 Å². The average Bonchev–Trinajstić information content (AvgIpc) is 3.50. The zero-order valence-electron chi connectivity index (χ0n) is 18.0. The highest BCUT2D eigenvalue weighted by Gasteiger charge is 2.23. The number of carbonyl (C=O) groups excluding carboxylic acids is 1. The minimum Gasteiger partial charge on any atom is -0.493 e. The van der Waals surface area contributed by atoms with Crippen LogP contribution in [0.5, 0.6) is 5.75 Å². The van der Waals surface area contributed by atoms with E-state index >= 15 is 0 Å². The van der Waals surface area contributed by atoms with Crippen LogP contribution in [0.3, 0.4) is 0 Å². The third-order valence-corrected chi connectivity index (χ3v) is 6.47. The van der Waals surface area contributed by atoms with Gasteiger partial charge in [0.05, 0.1) is 19.1 Å². The Morgan fingerprint density at radius 1 is 1.12 bits per heavy atom. The van der Waals surface area contributed by atoms with Gasteiger partial charge in [-0.2, -0.15) is 0 Å². The Balaban J connectivity index is 1.40. The van der Waals surface area contributed by atoms with Gasteiger partial charge in [0.2, 0.25) is 5.91 Å². The third-order valence-electron chi connectivity index (χ3n) is 5.54. The van der Waals surface area contributed by atoms with Crippen LogP contribution in [0.25, 0.3) is 0 Å². The first kappa shape index (κ1) is 22.5. The zero-order chi connectivity index (χ0) is 22.2. The van der Waals surface area contributed by atoms with Crippen molar-refractivity contribution >= 4 is 17.2 Å². The van der Waals surface area contributed by atoms with E-state index in [0.717, 1.165) is 42.7 Å². The average molecular weight is 454 g/mol. The molecular weight excluding hydrogens is 425 g/mol. The Morgan fingerprint density at radius 2 is 2.00 bits per heavy atom. The summed E-state index contributed by atoms with van der Waals surface area (Å²) in [6, 6.07) is 18.2. The monoisotopic (exact) mass is 453 g/mol. The number of ether oxygens (including phenoxy) is 2. The topological polar surface area (TPSA) is 38.8 Å². The highest BCUT2D eigenvalue weighted by molar-refractivity contribution is 7.09. The van der Waals surface area contributed by atoms with Gasteiger partial charge in [-0.1, -0.05) is 30.3 Å². The Morgan fingerprint density at radius 3 is 2.75 bits per heavy atom. The van der Waals surface area contributed by atoms with Gasteiger partial charge < -0.3 is 14.4 Å². The van der Waals surface area contributed by atoms with Crippen molar-refractivity contribution in [1.82, 2.24) is 4.90 Å². The molecule has 0 radical (unpaired) electrons. The molecule has 1 amide bonds. The Hall–Kier alpha value is -2.70. The summed E-state index contributed by atoms with van der Waals surface area (Å²) in [6.45, 7) is 2.41. The van der Waals surface area contributed by atoms with E-state index in [1.165, 1.54) is 17.0 Å². The molecule has 1 aliphatic rings. The molecule has 32 heavy (non-hydrogen) atoms. The maximum atomic E-state index is 13.2. The van der Waals surface area contributed by atoms with Crippen molar-refractivity contribution in [2.45, 2.75) is 38.3 Å². The standard InChI is InChI=1S/C26H28FNO3S/c27-22-10-8-20(9-11-22)17-26(29)28(19-24-6-2-13-30-24)18-21-4-1-5-23(16-21)31-14-12-25-7-3-15-32-25/h1,3-5,7-11,15-16,24H,2,6,12-14,17-19H2. The van der Waals surface area contributed by atoms with Crippen LogP contribution in [-0.4, -0.2) is 36.7 Å². The molecule has 4 rings (SSSR count). The number of rotatable bonds is 10. The molecule has 2 heterocycles. The number of nitrogens with zero attached hydrogens (tertiary/aromatic N) is 1. The summed E-state index contributed by atoms with van der Waals surface area (Å²) in [5.74, 6) is 0.520. The van der Waals surface area contributed by atoms with Gasteiger partial charge in [-0.3, -0.25) is 4.79 Å². The van der Waals surface area contributed by atoms with Crippen molar-refractivity contribution in [1.29, 1.82) is 0 Å². The number of hydrogen-bond acceptors (Lipinski definition) is 4. The largest absolute Gasteiger partial charge is 0.493 e. The number of thiophene rings is 1. The highest BCUT2D eigenvalue weighted by atomic mass is 32.1. The van der Waals surface area contributed by atoms with E-state index in [-0.39, 0.29) is 24.2 Å². The summed E-state index contributed by atoms with van der Waals surface area (Å²) in [5.41, 5.74) is 1.82. The first-order valence-corrected chi connectivity index (χ1v) is 11.9. The van der Waals surface area contributed by atoms with E-state index in [1.54, 1.807) is 23.5 Å². The molecular formula is C26H28FNO3S. The molecule has 2 aromatic carbocycles. The fourth-order valence-corrected chi connectivity index (χ4v) is 4.55. The lowest BCUT2D eigenvalue weighted by Crippen LogP contribution is -2.37. The second-order valence-electron chi connectivity index (χ2n) is 8.04. The summed E-state index contributed by atoms with van der Waals surface area (Å²) < 4.78 is 25.0. The predicted molar refractivity (Wildman–Crippen MR) is 124 cm³/mol. The first-order valence-electron chi connectivity index (χ1n) is 11.0. The van der Waals surface area contributed by atoms with Gasteiger partial charge >= 0.3 is 0 Å². The van der Waals surface area contributed by atoms with Gasteiger partial charge in [0.15, 0.2) is 0 Å². The molecule has 0 aliphatic carbocycles. The molecule has 4 nitrogen and oxygen atoms in total. The minimum absolute atomic E-state index is 0.0103. The number of carbonyl (C=O) groups is 1. The Labute approximate surface area is 192 Å². The van der Waals surface area contributed by atoms with Gasteiger partial charge in [-0.15, -0.1) is 11.3 Å². The Kier molecular flexibility index (Phi) is 7.91. The predicted octanol–water partition coefficient (Wildman–Crippen LogP) is 5.26. The second-order valence-corrected chi connectivity index (χ2v) is 9.07. The van der Waals surface area contributed by atoms with E-state index < -0.39 is 0 Å². The molecule has 3 aromatic rings. The zero-order valence-corrected chi connectivity index (χ0v) is 18.9. The lowest BCUT2D eigenvalue weighted by molar-refractivity contribution is -0.132. The van der Waals surface area contributed by atoms with E-state index in [4.69, 9.17) is 9.47 Å². The molecule has 0 N–H and O–H groups in total. The minimum atomic E-state index is -0.298. The lowest BCUT2D eigenvalue weighted by atomic mass is 10.1. The summed E-state index contributed by atoms with van der Waals surface area (Å²) in [6.07, 6.45) is 3.18. The van der Waals surface area contributed by atoms with Gasteiger partial charge in [0.1, 0.15) is 11.6 Å². The summed E-state index contributed by atoms with van der Waals surface area (Å²) in [5, 5.41) is 2.07. The molecule has 1 aromatic heterocycles. The highest BCUT2D eigenvalue weighted by Crippen LogP contribution is 2.20. The Bertz CT molecular complexity index is 985. The number of benzene rings is 2. The van der Waals surface area contributed by atoms with Crippen molar-refractivity contribution in [2.75, 3.05) is 19.8 Å². The van der Waals surface area contributed by atoms with Crippen LogP contribution in [0.1, 0.15) is 28.8 Å². The van der Waals surface area contributed by atoms with E-state index in [9.17, 15) is 9.18 Å². The molecule has 1 aliphatic heterocycles. The molecule has 0 saturated carbocycles. The second kappa shape index (κ2) is 11.2. The number of halogens is 1. The molecule has 168 valence electrons. The maximum Gasteiger partial charge on any atom is 0.227 e. The van der Waals surface area contributed by atoms with Crippen LogP contribution in [0.2, 0.25) is 0 Å². The molecule has 1 atom stereocenters. The van der Waals surface area contributed by atoms with Gasteiger partial charge in [-0.05, 0) is 59.7 Å². The van der Waals surface area contributed by atoms with Crippen LogP contribution in [0.4, 0.5) is 4.39 Å². The van der Waals surface area contributed by atoms with Crippen LogP contribution < -0.4 is 4.74 Å². The van der Waals surface area contributed by atoms with Crippen molar-refractivity contribution in [3.05, 3.63) is 87.9 Å². The summed E-state index contributed by atoms with van der Waals surface area (Å²) >= 11 is 1.73. The first-order chi connectivity index (χ1) is 15.7. The summed E-state index contributed by atoms with van der Waals surface area (Å²) in [4.78, 5) is 16.3. The van der Waals surface area contributed by atoms with Crippen LogP contribution in [-0.2, 0) is 28.9 Å². The third kappa shape index (κ3) is 6.65. The van der Waals surface area contributed by atoms with E-state index in [1.807, 2.05) is 35.2 Å². The molecule has 1 saturated heterocycles. The fourth-order valence-electron chi connectivity index (χ4n) is 3.86. The molecule has 6 heteroatoms. The SMILES string of the molecule is O=C(Cc1ccc(F)cc1)N(Cc1cccc(OCCc2cccs2)c1)CC1CCCO1. The van der Waals surface area contributed by atoms with Crippen molar-refractivity contribution in [3.8, 4) is 5.75 Å². The van der Waals surface area contributed by atoms with E-state index in [0.29, 0.717) is 19.7 Å². The molecule has 1 unspecified atom stereocenters. The number of amides is 1. The summed E-state index contributed by atoms with van der Waals surface area (Å²) in [7, 11) is 0. The van der Waals surface area contributed by atoms with Crippen molar-refractivity contribution in [2.24, 2.45) is 0 Å². The van der Waals surface area contributed by atoms with Gasteiger partial charge in [0, 0.05) is 31.0 Å². The smallest absolute Gasteiger partial charge is 0.227 e. The van der Waals surface area contributed by atoms with Crippen molar-refractivity contribution < 1.29 is 18.7 Å². The molecule has 1 fully saturated rings. The number of hydrogen-bond donors (Lipinski definition) is 0. The van der Waals surface area contributed by atoms with E-state index in [2.05, 4.69) is 11.4 Å². The van der Waals surface area contributed by atoms with Crippen LogP contribution in [0.15, 0.2) is 66.0 Å². The normalized spacial score (nSPS) is 15.6. The fraction of sp³-hybridized carbons (Fsp3) is 0.346. The van der Waals surface area contributed by atoms with Gasteiger partial charge in [-0.25, -0.2) is 4.39 Å². The molecule has 0 bridgehead atoms. The maximum absolute atomic E-state index is 13.2. The quantitative estimate of drug-likeness (QED) is 0.420. The lowest BCUT2D eigenvalue weighted by Gasteiger charge is -2.26. The molecule has 0 spiro atoms. The van der Waals surface area contributed by atoms with Crippen molar-refractivity contribution in [3.63, 3.8) is 0 Å².